The number of urea groups is 1. The number of carbonyl (C=O) groups excluding carboxylic acids is 8. The molecule has 0 unspecified atom stereocenters. The molecule has 482 valence electrons. The van der Waals surface area contributed by atoms with Crippen LogP contribution in [0.2, 0.25) is 0 Å². The normalized spacial score (nSPS) is 17.2. The Hall–Kier alpha value is -7.18. The molecule has 3 aromatic rings. The van der Waals surface area contributed by atoms with Crippen LogP contribution in [0, 0.1) is 29.6 Å². The topological polar surface area (TPSA) is 322 Å². The van der Waals surface area contributed by atoms with Gasteiger partial charge in [0.05, 0.1) is 18.0 Å². The summed E-state index contributed by atoms with van der Waals surface area (Å²) in [6.07, 6.45) is 1.72. The molecule has 24 heteroatoms. The minimum atomic E-state index is -1.04. The highest BCUT2D eigenvalue weighted by atomic mass is 32.1. The molecule has 23 nitrogen and oxygen atoms in total. The van der Waals surface area contributed by atoms with Crippen LogP contribution in [0.5, 0.6) is 0 Å². The number of carboxylic acid groups (broad SMARTS) is 1. The zero-order valence-corrected chi connectivity index (χ0v) is 54.2. The van der Waals surface area contributed by atoms with Crippen LogP contribution in [0.25, 0.3) is 0 Å². The Kier molecular flexibility index (Phi) is 28.6. The number of primary amides is 1. The molecule has 10 N–H and O–H groups in total. The van der Waals surface area contributed by atoms with E-state index >= 15 is 0 Å². The third-order valence-corrected chi connectivity index (χ3v) is 16.5. The van der Waals surface area contributed by atoms with Gasteiger partial charge in [-0.25, -0.2) is 14.6 Å². The standard InChI is InChI=1S/C63H97N11O12S/c1-15-39(8)53(71-56(78)50-30-38(7)27-29-73(50)14)59(80)74(16-2)49(36(3)4)33-51(86-41(10)75)58-70-48(35-87-58)55(77)67-46(31-40(9)60(81)82)32-42-19-23-45(24-20-42)68-62(84)85-34-43-21-25-44(26-22-43)66-54(76)47(18-17-28-65-61(64)83)69-57(79)52(37(5)6)72-63(11,12)13/h19-26,35-40,46-47,49-53,72H,15-18,27-34H2,1-14H3,(H,66,76)(H,67,77)(H,68,84)(H,69,79)(H,71,78)(H,81,82)(H3,64,65,83)/t38-,39+,40+,46-,47+,49-,50-,51+,52+,53+/m1/s1. The van der Waals surface area contributed by atoms with Crippen LogP contribution in [0.3, 0.4) is 0 Å². The van der Waals surface area contributed by atoms with Gasteiger partial charge in [0, 0.05) is 60.8 Å². The Morgan fingerprint density at radius 1 is 0.839 bits per heavy atom. The Morgan fingerprint density at radius 2 is 1.47 bits per heavy atom. The molecule has 1 saturated heterocycles. The number of amides is 8. The van der Waals surface area contributed by atoms with E-state index in [1.54, 1.807) is 65.7 Å². The molecule has 2 aromatic carbocycles. The van der Waals surface area contributed by atoms with Crippen molar-refractivity contribution in [2.24, 2.45) is 35.3 Å². The minimum absolute atomic E-state index is 0.0341. The largest absolute Gasteiger partial charge is 0.481 e. The van der Waals surface area contributed by atoms with Crippen molar-refractivity contribution in [3.63, 3.8) is 0 Å². The maximum absolute atomic E-state index is 14.7. The van der Waals surface area contributed by atoms with Crippen molar-refractivity contribution in [2.45, 2.75) is 196 Å². The summed E-state index contributed by atoms with van der Waals surface area (Å²) in [5, 5.41) is 32.1. The molecule has 0 radical (unpaired) electrons. The number of nitrogens with one attached hydrogen (secondary N) is 7. The fourth-order valence-electron chi connectivity index (χ4n) is 10.4. The Labute approximate surface area is 517 Å². The van der Waals surface area contributed by atoms with Crippen molar-refractivity contribution < 1.29 is 57.7 Å². The van der Waals surface area contributed by atoms with E-state index in [0.29, 0.717) is 53.7 Å². The van der Waals surface area contributed by atoms with Crippen molar-refractivity contribution >= 4 is 76.3 Å². The second-order valence-electron chi connectivity index (χ2n) is 24.9. The number of likely N-dealkylation sites (tertiary alicyclic amines) is 1. The number of carboxylic acids is 1. The van der Waals surface area contributed by atoms with Gasteiger partial charge in [-0.05, 0) is 139 Å². The van der Waals surface area contributed by atoms with Gasteiger partial charge >= 0.3 is 24.1 Å². The van der Waals surface area contributed by atoms with Gasteiger partial charge in [0.15, 0.2) is 6.10 Å². The molecule has 8 amide bonds. The van der Waals surface area contributed by atoms with Gasteiger partial charge in [0.25, 0.3) is 5.91 Å². The first kappa shape index (κ1) is 72.3. The number of hydrogen-bond donors (Lipinski definition) is 9. The Morgan fingerprint density at radius 3 is 2.03 bits per heavy atom. The van der Waals surface area contributed by atoms with Crippen LogP contribution in [0.4, 0.5) is 21.0 Å². The second kappa shape index (κ2) is 34.4. The lowest BCUT2D eigenvalue weighted by molar-refractivity contribution is -0.149. The fourth-order valence-corrected chi connectivity index (χ4v) is 11.2. The summed E-state index contributed by atoms with van der Waals surface area (Å²) in [5.41, 5.74) is 7.07. The monoisotopic (exact) mass is 1230 g/mol. The number of esters is 1. The molecule has 10 atom stereocenters. The summed E-state index contributed by atoms with van der Waals surface area (Å²) in [6, 6.07) is 8.96. The van der Waals surface area contributed by atoms with Crippen LogP contribution in [-0.4, -0.2) is 142 Å². The molecule has 87 heavy (non-hydrogen) atoms. The highest BCUT2D eigenvalue weighted by Crippen LogP contribution is 2.32. The lowest BCUT2D eigenvalue weighted by atomic mass is 9.90. The first-order chi connectivity index (χ1) is 40.9. The summed E-state index contributed by atoms with van der Waals surface area (Å²) in [5.74, 6) is -4.20. The van der Waals surface area contributed by atoms with Crippen molar-refractivity contribution in [2.75, 3.05) is 37.3 Å². The van der Waals surface area contributed by atoms with Crippen molar-refractivity contribution in [3.8, 4) is 0 Å². The molecule has 4 rings (SSSR count). The van der Waals surface area contributed by atoms with Gasteiger partial charge in [0.1, 0.15) is 29.4 Å². The third-order valence-electron chi connectivity index (χ3n) is 15.6. The molecule has 2 heterocycles. The molecule has 1 fully saturated rings. The number of anilines is 2. The van der Waals surface area contributed by atoms with E-state index in [4.69, 9.17) is 15.2 Å². The molecular formula is C63H97N11O12S. The third kappa shape index (κ3) is 23.8. The van der Waals surface area contributed by atoms with E-state index in [9.17, 15) is 48.3 Å². The van der Waals surface area contributed by atoms with Crippen LogP contribution < -0.4 is 43.0 Å². The average Bonchev–Trinajstić information content (AvgIpc) is 2.73. The van der Waals surface area contributed by atoms with Gasteiger partial charge in [-0.3, -0.25) is 43.8 Å². The molecule has 0 spiro atoms. The van der Waals surface area contributed by atoms with E-state index < -0.39 is 78.1 Å². The molecule has 1 aliphatic heterocycles. The molecule has 0 bridgehead atoms. The van der Waals surface area contributed by atoms with Crippen LogP contribution in [0.1, 0.15) is 168 Å². The number of hydrogen-bond acceptors (Lipinski definition) is 15. The predicted molar refractivity (Wildman–Crippen MR) is 335 cm³/mol. The van der Waals surface area contributed by atoms with E-state index in [2.05, 4.69) is 49.1 Å². The zero-order chi connectivity index (χ0) is 64.9. The molecule has 0 aliphatic carbocycles. The van der Waals surface area contributed by atoms with E-state index in [1.165, 1.54) is 6.92 Å². The number of nitrogens with two attached hydrogens (primary N) is 1. The van der Waals surface area contributed by atoms with E-state index in [-0.39, 0.29) is 91.6 Å². The van der Waals surface area contributed by atoms with Crippen LogP contribution in [-0.2, 0) is 51.3 Å². The smallest absolute Gasteiger partial charge is 0.411 e. The summed E-state index contributed by atoms with van der Waals surface area (Å²) in [4.78, 5) is 127. The number of likely N-dealkylation sites (N-methyl/N-ethyl adjacent to an activating group) is 2. The highest BCUT2D eigenvalue weighted by Gasteiger charge is 2.39. The Balaban J connectivity index is 1.40. The van der Waals surface area contributed by atoms with E-state index in [1.807, 2.05) is 81.2 Å². The van der Waals surface area contributed by atoms with Crippen molar-refractivity contribution in [1.29, 1.82) is 0 Å². The number of benzene rings is 2. The summed E-state index contributed by atoms with van der Waals surface area (Å²) >= 11 is 1.13. The zero-order valence-electron chi connectivity index (χ0n) is 53.4. The molecule has 0 saturated carbocycles. The van der Waals surface area contributed by atoms with Crippen molar-refractivity contribution in [3.05, 3.63) is 75.7 Å². The fraction of sp³-hybridized carbons (Fsp3) is 0.619. The van der Waals surface area contributed by atoms with Gasteiger partial charge < -0.3 is 57.1 Å². The lowest BCUT2D eigenvalue weighted by Gasteiger charge is -2.40. The van der Waals surface area contributed by atoms with Crippen LogP contribution >= 0.6 is 11.3 Å². The maximum Gasteiger partial charge on any atom is 0.411 e. The number of nitrogens with zero attached hydrogens (tertiary/aromatic N) is 3. The van der Waals surface area contributed by atoms with Gasteiger partial charge in [0.2, 0.25) is 23.6 Å². The number of ether oxygens (including phenoxy) is 2. The van der Waals surface area contributed by atoms with Crippen LogP contribution in [0.15, 0.2) is 53.9 Å². The van der Waals surface area contributed by atoms with Gasteiger partial charge in [-0.1, -0.05) is 86.1 Å². The first-order valence-electron chi connectivity index (χ1n) is 30.4. The van der Waals surface area contributed by atoms with Crippen molar-refractivity contribution in [1.82, 2.24) is 41.4 Å². The lowest BCUT2D eigenvalue weighted by Crippen LogP contribution is -2.59. The van der Waals surface area contributed by atoms with Gasteiger partial charge in [-0.15, -0.1) is 11.3 Å². The highest BCUT2D eigenvalue weighted by molar-refractivity contribution is 7.09. The molecular weight excluding hydrogens is 1130 g/mol. The van der Waals surface area contributed by atoms with E-state index in [0.717, 1.165) is 29.9 Å². The number of rotatable bonds is 32. The number of piperidine rings is 1. The first-order valence-corrected chi connectivity index (χ1v) is 31.3. The minimum Gasteiger partial charge on any atom is -0.481 e. The maximum atomic E-state index is 14.7. The SMILES string of the molecule is CC[C@H](C)[C@H](NC(=O)[C@H]1C[C@H](C)CCN1C)C(=O)N(CC)[C@H](C[C@H](OC(C)=O)c1nc(C(=O)N[C@@H](Cc2ccc(NC(=O)OCc3ccc(NC(=O)[C@H](CCCNC(N)=O)NC(=O)[C@@H](NC(C)(C)C)C(C)C)cc3)cc2)C[C@H](C)C(=O)O)cs1)C(C)C. The van der Waals surface area contributed by atoms with Gasteiger partial charge in [-0.2, -0.15) is 0 Å². The number of aliphatic carboxylic acids is 1. The number of aromatic nitrogens is 1. The average molecular weight is 1230 g/mol. The number of thiazole rings is 1. The number of carbonyl (C=O) groups is 9. The Bertz CT molecular complexity index is 2770. The predicted octanol–water partition coefficient (Wildman–Crippen LogP) is 7.76. The summed E-state index contributed by atoms with van der Waals surface area (Å²) in [7, 11) is 1.93. The molecule has 1 aromatic heterocycles. The quantitative estimate of drug-likeness (QED) is 0.0213. The summed E-state index contributed by atoms with van der Waals surface area (Å²) in [6.45, 7) is 25.6. The second-order valence-corrected chi connectivity index (χ2v) is 25.8. The molecule has 1 aliphatic rings. The summed E-state index contributed by atoms with van der Waals surface area (Å²) < 4.78 is 11.4.